The molecular formula is C22H31N3O5S. The zero-order valence-corrected chi connectivity index (χ0v) is 19.5. The Hall–Kier alpha value is -2.49. The number of ketones is 1. The van der Waals surface area contributed by atoms with E-state index in [1.165, 1.54) is 19.2 Å². The molecule has 8 nitrogen and oxygen atoms in total. The molecule has 0 radical (unpaired) electrons. The lowest BCUT2D eigenvalue weighted by atomic mass is 10.1. The SMILES string of the molecule is COC(=O)CCN(CC(=O)c1cc(C)n(-c2ccc(S(N)(=O)=O)cc2)c1C)CC(C)C. The van der Waals surface area contributed by atoms with Crippen molar-refractivity contribution < 1.29 is 22.7 Å². The molecule has 0 atom stereocenters. The number of carbonyl (C=O) groups is 2. The van der Waals surface area contributed by atoms with Crippen LogP contribution in [0, 0.1) is 19.8 Å². The molecule has 2 rings (SSSR count). The van der Waals surface area contributed by atoms with Crippen molar-refractivity contribution in [2.45, 2.75) is 39.0 Å². The highest BCUT2D eigenvalue weighted by Crippen LogP contribution is 2.23. The minimum atomic E-state index is -3.77. The van der Waals surface area contributed by atoms with Gasteiger partial charge >= 0.3 is 5.97 Å². The van der Waals surface area contributed by atoms with Gasteiger partial charge in [-0.15, -0.1) is 0 Å². The first-order chi connectivity index (χ1) is 14.4. The smallest absolute Gasteiger partial charge is 0.306 e. The molecule has 0 aliphatic rings. The van der Waals surface area contributed by atoms with Crippen LogP contribution >= 0.6 is 0 Å². The van der Waals surface area contributed by atoms with Gasteiger partial charge in [-0.05, 0) is 50.1 Å². The number of ether oxygens (including phenoxy) is 1. The van der Waals surface area contributed by atoms with E-state index in [0.29, 0.717) is 24.6 Å². The highest BCUT2D eigenvalue weighted by atomic mass is 32.2. The van der Waals surface area contributed by atoms with E-state index in [9.17, 15) is 18.0 Å². The van der Waals surface area contributed by atoms with E-state index in [-0.39, 0.29) is 29.6 Å². The fourth-order valence-corrected chi connectivity index (χ4v) is 4.13. The quantitative estimate of drug-likeness (QED) is 0.440. The molecule has 2 N–H and O–H groups in total. The first kappa shape index (κ1) is 24.8. The third kappa shape index (κ3) is 6.49. The molecular weight excluding hydrogens is 418 g/mol. The van der Waals surface area contributed by atoms with Crippen LogP contribution in [0.3, 0.4) is 0 Å². The van der Waals surface area contributed by atoms with Gasteiger partial charge in [0.2, 0.25) is 10.0 Å². The molecule has 31 heavy (non-hydrogen) atoms. The predicted molar refractivity (Wildman–Crippen MR) is 119 cm³/mol. The number of aryl methyl sites for hydroxylation is 1. The van der Waals surface area contributed by atoms with Gasteiger partial charge in [-0.25, -0.2) is 13.6 Å². The van der Waals surface area contributed by atoms with Gasteiger partial charge in [0, 0.05) is 35.7 Å². The Morgan fingerprint density at radius 3 is 2.29 bits per heavy atom. The number of hydrogen-bond acceptors (Lipinski definition) is 6. The van der Waals surface area contributed by atoms with E-state index >= 15 is 0 Å². The van der Waals surface area contributed by atoms with Crippen molar-refractivity contribution in [1.82, 2.24) is 9.47 Å². The van der Waals surface area contributed by atoms with Crippen molar-refractivity contribution in [2.75, 3.05) is 26.7 Å². The van der Waals surface area contributed by atoms with Gasteiger partial charge in [0.1, 0.15) is 0 Å². The zero-order valence-electron chi connectivity index (χ0n) is 18.7. The molecule has 0 saturated heterocycles. The van der Waals surface area contributed by atoms with Gasteiger partial charge in [-0.1, -0.05) is 13.8 Å². The average molecular weight is 450 g/mol. The van der Waals surface area contributed by atoms with E-state index in [1.54, 1.807) is 12.1 Å². The average Bonchev–Trinajstić information content (AvgIpc) is 2.99. The third-order valence-corrected chi connectivity index (χ3v) is 5.93. The van der Waals surface area contributed by atoms with E-state index in [2.05, 4.69) is 13.8 Å². The van der Waals surface area contributed by atoms with Crippen LogP contribution in [0.4, 0.5) is 0 Å². The summed E-state index contributed by atoms with van der Waals surface area (Å²) in [4.78, 5) is 26.6. The molecule has 2 aromatic rings. The van der Waals surface area contributed by atoms with Crippen molar-refractivity contribution in [3.8, 4) is 5.69 Å². The molecule has 0 fully saturated rings. The van der Waals surface area contributed by atoms with E-state index in [1.807, 2.05) is 29.4 Å². The summed E-state index contributed by atoms with van der Waals surface area (Å²) in [5.41, 5.74) is 2.96. The Bertz CT molecular complexity index is 1040. The second kappa shape index (κ2) is 10.2. The summed E-state index contributed by atoms with van der Waals surface area (Å²) in [5, 5.41) is 5.17. The van der Waals surface area contributed by atoms with Crippen molar-refractivity contribution >= 4 is 21.8 Å². The fraction of sp³-hybridized carbons (Fsp3) is 0.455. The highest BCUT2D eigenvalue weighted by Gasteiger charge is 2.20. The molecule has 1 heterocycles. The molecule has 0 saturated carbocycles. The second-order valence-corrected chi connectivity index (χ2v) is 9.60. The van der Waals surface area contributed by atoms with Crippen LogP contribution in [0.25, 0.3) is 5.69 Å². The van der Waals surface area contributed by atoms with Gasteiger partial charge in [0.15, 0.2) is 5.78 Å². The molecule has 0 aliphatic carbocycles. The number of sulfonamides is 1. The van der Waals surface area contributed by atoms with Crippen LogP contribution in [0.15, 0.2) is 35.2 Å². The molecule has 0 aliphatic heterocycles. The topological polar surface area (TPSA) is 112 Å². The summed E-state index contributed by atoms with van der Waals surface area (Å²) < 4.78 is 29.6. The van der Waals surface area contributed by atoms with Crippen LogP contribution < -0.4 is 5.14 Å². The number of benzene rings is 1. The maximum Gasteiger partial charge on any atom is 0.306 e. The lowest BCUT2D eigenvalue weighted by Crippen LogP contribution is -2.35. The number of methoxy groups -OCH3 is 1. The molecule has 9 heteroatoms. The van der Waals surface area contributed by atoms with Crippen LogP contribution in [0.2, 0.25) is 0 Å². The van der Waals surface area contributed by atoms with Gasteiger partial charge in [0.05, 0.1) is 25.0 Å². The molecule has 0 amide bonds. The predicted octanol–water partition coefficient (Wildman–Crippen LogP) is 2.45. The molecule has 170 valence electrons. The Morgan fingerprint density at radius 1 is 1.16 bits per heavy atom. The Balaban J connectivity index is 2.26. The summed E-state index contributed by atoms with van der Waals surface area (Å²) in [6.45, 7) is 9.21. The van der Waals surface area contributed by atoms with Crippen molar-refractivity contribution in [3.05, 3.63) is 47.3 Å². The summed E-state index contributed by atoms with van der Waals surface area (Å²) >= 11 is 0. The largest absolute Gasteiger partial charge is 0.469 e. The summed E-state index contributed by atoms with van der Waals surface area (Å²) in [5.74, 6) is 0.00330. The monoisotopic (exact) mass is 449 g/mol. The van der Waals surface area contributed by atoms with Crippen LogP contribution in [0.1, 0.15) is 42.0 Å². The lowest BCUT2D eigenvalue weighted by molar-refractivity contribution is -0.141. The summed E-state index contributed by atoms with van der Waals surface area (Å²) in [6.07, 6.45) is 0.228. The minimum absolute atomic E-state index is 0.0324. The number of Topliss-reactive ketones (excluding diaryl/α,β-unsaturated/α-hetero) is 1. The highest BCUT2D eigenvalue weighted by molar-refractivity contribution is 7.89. The third-order valence-electron chi connectivity index (χ3n) is 5.01. The van der Waals surface area contributed by atoms with Gasteiger partial charge in [0.25, 0.3) is 0 Å². The first-order valence-corrected chi connectivity index (χ1v) is 11.6. The maximum atomic E-state index is 13.1. The van der Waals surface area contributed by atoms with Gasteiger partial charge in [-0.3, -0.25) is 14.5 Å². The van der Waals surface area contributed by atoms with Crippen molar-refractivity contribution in [2.24, 2.45) is 11.1 Å². The van der Waals surface area contributed by atoms with Crippen LogP contribution in [-0.4, -0.2) is 56.4 Å². The minimum Gasteiger partial charge on any atom is -0.469 e. The van der Waals surface area contributed by atoms with Crippen molar-refractivity contribution in [1.29, 1.82) is 0 Å². The maximum absolute atomic E-state index is 13.1. The molecule has 1 aromatic heterocycles. The summed E-state index contributed by atoms with van der Waals surface area (Å²) in [7, 11) is -2.42. The van der Waals surface area contributed by atoms with Crippen molar-refractivity contribution in [3.63, 3.8) is 0 Å². The number of nitrogens with zero attached hydrogens (tertiary/aromatic N) is 2. The lowest BCUT2D eigenvalue weighted by Gasteiger charge is -2.23. The molecule has 1 aromatic carbocycles. The number of aromatic nitrogens is 1. The van der Waals surface area contributed by atoms with E-state index in [4.69, 9.17) is 9.88 Å². The Labute approximate surface area is 184 Å². The van der Waals surface area contributed by atoms with Crippen LogP contribution in [0.5, 0.6) is 0 Å². The second-order valence-electron chi connectivity index (χ2n) is 8.04. The molecule has 0 spiro atoms. The molecule has 0 unspecified atom stereocenters. The summed E-state index contributed by atoms with van der Waals surface area (Å²) in [6, 6.07) is 8.05. The van der Waals surface area contributed by atoms with Gasteiger partial charge in [-0.2, -0.15) is 0 Å². The fourth-order valence-electron chi connectivity index (χ4n) is 3.62. The number of nitrogens with two attached hydrogens (primary N) is 1. The normalized spacial score (nSPS) is 11.9. The van der Waals surface area contributed by atoms with Crippen LogP contribution in [-0.2, 0) is 19.6 Å². The number of esters is 1. The number of primary sulfonamides is 1. The number of hydrogen-bond donors (Lipinski definition) is 1. The Kier molecular flexibility index (Phi) is 8.16. The van der Waals surface area contributed by atoms with E-state index in [0.717, 1.165) is 17.1 Å². The number of carbonyl (C=O) groups excluding carboxylic acids is 2. The Morgan fingerprint density at radius 2 is 1.77 bits per heavy atom. The zero-order chi connectivity index (χ0) is 23.3. The molecule has 0 bridgehead atoms. The first-order valence-electron chi connectivity index (χ1n) is 10.1. The van der Waals surface area contributed by atoms with E-state index < -0.39 is 10.0 Å². The van der Waals surface area contributed by atoms with Gasteiger partial charge < -0.3 is 9.30 Å². The number of rotatable bonds is 10. The standard InChI is InChI=1S/C22H31N3O5S/c1-15(2)13-24(11-10-22(27)30-5)14-21(26)20-12-16(3)25(17(20)4)18-6-8-19(9-7-18)31(23,28)29/h6-9,12,15H,10-11,13-14H2,1-5H3,(H2,23,28,29).